The predicted octanol–water partition coefficient (Wildman–Crippen LogP) is 4.10. The predicted molar refractivity (Wildman–Crippen MR) is 91.6 cm³/mol. The molecule has 0 aliphatic carbocycles. The van der Waals surface area contributed by atoms with E-state index in [0.717, 1.165) is 14.5 Å². The summed E-state index contributed by atoms with van der Waals surface area (Å²) < 4.78 is 1.76. The molecule has 0 N–H and O–H groups in total. The lowest BCUT2D eigenvalue weighted by Crippen LogP contribution is -2.24. The molecule has 0 saturated carbocycles. The van der Waals surface area contributed by atoms with Crippen LogP contribution in [-0.4, -0.2) is 11.0 Å². The van der Waals surface area contributed by atoms with Gasteiger partial charge in [-0.2, -0.15) is 0 Å². The second-order valence-corrected chi connectivity index (χ2v) is 6.75. The third-order valence-electron chi connectivity index (χ3n) is 3.51. The number of halogens is 2. The van der Waals surface area contributed by atoms with Gasteiger partial charge in [0.1, 0.15) is 0 Å². The van der Waals surface area contributed by atoms with E-state index in [9.17, 15) is 9.90 Å². The lowest BCUT2D eigenvalue weighted by Gasteiger charge is -2.15. The van der Waals surface area contributed by atoms with Crippen molar-refractivity contribution in [3.05, 3.63) is 62.5 Å². The van der Waals surface area contributed by atoms with Gasteiger partial charge < -0.3 is 9.90 Å². The number of carbonyl (C=O) groups excluding carboxylic acids is 1. The first-order chi connectivity index (χ1) is 10.5. The molecule has 3 nitrogen and oxygen atoms in total. The van der Waals surface area contributed by atoms with E-state index in [4.69, 9.17) is 0 Å². The van der Waals surface area contributed by atoms with Crippen LogP contribution in [-0.2, 0) is 0 Å². The van der Waals surface area contributed by atoms with E-state index in [2.05, 4.69) is 36.8 Å². The van der Waals surface area contributed by atoms with Crippen molar-refractivity contribution in [3.8, 4) is 11.3 Å². The fraction of sp³-hybridized carbons (Fsp3) is 0.0588. The van der Waals surface area contributed by atoms with E-state index in [0.29, 0.717) is 22.2 Å². The van der Waals surface area contributed by atoms with Crippen LogP contribution in [0.1, 0.15) is 15.9 Å². The Kier molecular flexibility index (Phi) is 4.02. The molecule has 5 heteroatoms. The molecule has 0 amide bonds. The van der Waals surface area contributed by atoms with Crippen molar-refractivity contribution in [2.75, 3.05) is 0 Å². The monoisotopic (exact) mass is 418 g/mol. The fourth-order valence-corrected chi connectivity index (χ4v) is 3.11. The van der Waals surface area contributed by atoms with Crippen LogP contribution in [0.25, 0.3) is 22.2 Å². The molecule has 0 bridgehead atoms. The number of fused-ring (bicyclic) bond motifs is 1. The minimum atomic E-state index is -1.19. The van der Waals surface area contributed by atoms with E-state index in [1.807, 2.05) is 30.3 Å². The van der Waals surface area contributed by atoms with E-state index >= 15 is 0 Å². The molecular formula is C17H10Br2NO2-. The van der Waals surface area contributed by atoms with Gasteiger partial charge in [-0.3, -0.25) is 0 Å². The number of aromatic nitrogens is 1. The molecule has 0 spiro atoms. The summed E-state index contributed by atoms with van der Waals surface area (Å²) in [6.07, 6.45) is 0. The maximum Gasteiger partial charge on any atom is 0.0745 e. The van der Waals surface area contributed by atoms with Gasteiger partial charge in [-0.15, -0.1) is 0 Å². The average Bonchev–Trinajstić information content (AvgIpc) is 2.47. The van der Waals surface area contributed by atoms with Crippen LogP contribution in [0.2, 0.25) is 0 Å². The standard InChI is InChI=1S/C17H11Br2NO2/c1-9-15(17(21)22)13-8-12(19)6-7-14(13)20-16(9)10-2-4-11(18)5-3-10/h2-8H,1H3,(H,21,22)/p-1. The van der Waals surface area contributed by atoms with Gasteiger partial charge in [-0.05, 0) is 42.8 Å². The highest BCUT2D eigenvalue weighted by Crippen LogP contribution is 2.31. The van der Waals surface area contributed by atoms with E-state index in [1.54, 1.807) is 19.1 Å². The van der Waals surface area contributed by atoms with Crippen LogP contribution >= 0.6 is 31.9 Å². The average molecular weight is 420 g/mol. The number of benzene rings is 2. The van der Waals surface area contributed by atoms with Crippen LogP contribution in [0.15, 0.2) is 51.4 Å². The van der Waals surface area contributed by atoms with Gasteiger partial charge in [0.25, 0.3) is 0 Å². The second kappa shape index (κ2) is 5.82. The normalized spacial score (nSPS) is 10.9. The number of aromatic carboxylic acids is 1. The van der Waals surface area contributed by atoms with E-state index < -0.39 is 5.97 Å². The number of hydrogen-bond donors (Lipinski definition) is 0. The fourth-order valence-electron chi connectivity index (χ4n) is 2.48. The number of carboxylic acid groups (broad SMARTS) is 1. The Bertz CT molecular complexity index is 889. The lowest BCUT2D eigenvalue weighted by molar-refractivity contribution is -0.254. The molecule has 1 aromatic heterocycles. The zero-order valence-electron chi connectivity index (χ0n) is 11.6. The number of nitrogens with zero attached hydrogens (tertiary/aromatic N) is 1. The molecule has 1 heterocycles. The Balaban J connectivity index is 2.37. The molecule has 0 saturated heterocycles. The van der Waals surface area contributed by atoms with Crippen molar-refractivity contribution in [1.82, 2.24) is 4.98 Å². The van der Waals surface area contributed by atoms with Crippen molar-refractivity contribution in [2.45, 2.75) is 6.92 Å². The molecule has 110 valence electrons. The van der Waals surface area contributed by atoms with Crippen LogP contribution in [0, 0.1) is 6.92 Å². The van der Waals surface area contributed by atoms with Gasteiger partial charge in [-0.1, -0.05) is 44.0 Å². The number of pyridine rings is 1. The van der Waals surface area contributed by atoms with Gasteiger partial charge >= 0.3 is 0 Å². The molecule has 0 aliphatic rings. The van der Waals surface area contributed by atoms with E-state index in [1.165, 1.54) is 0 Å². The molecule has 3 aromatic rings. The Morgan fingerprint density at radius 1 is 1.05 bits per heavy atom. The highest BCUT2D eigenvalue weighted by molar-refractivity contribution is 9.10. The summed E-state index contributed by atoms with van der Waals surface area (Å²) in [6.45, 7) is 1.76. The minimum absolute atomic E-state index is 0.184. The first-order valence-electron chi connectivity index (χ1n) is 6.54. The molecule has 22 heavy (non-hydrogen) atoms. The van der Waals surface area contributed by atoms with Crippen LogP contribution < -0.4 is 5.11 Å². The number of rotatable bonds is 2. The Hall–Kier alpha value is -1.72. The molecule has 0 radical (unpaired) electrons. The molecule has 0 fully saturated rings. The van der Waals surface area contributed by atoms with Crippen molar-refractivity contribution in [3.63, 3.8) is 0 Å². The van der Waals surface area contributed by atoms with Crippen LogP contribution in [0.5, 0.6) is 0 Å². The molecular weight excluding hydrogens is 410 g/mol. The van der Waals surface area contributed by atoms with Crippen molar-refractivity contribution < 1.29 is 9.90 Å². The summed E-state index contributed by atoms with van der Waals surface area (Å²) >= 11 is 6.76. The Morgan fingerprint density at radius 2 is 1.68 bits per heavy atom. The quantitative estimate of drug-likeness (QED) is 0.628. The summed E-state index contributed by atoms with van der Waals surface area (Å²) in [5.41, 5.74) is 2.94. The number of hydrogen-bond acceptors (Lipinski definition) is 3. The molecule has 2 aromatic carbocycles. The lowest BCUT2D eigenvalue weighted by atomic mass is 9.98. The molecule has 0 aliphatic heterocycles. The highest BCUT2D eigenvalue weighted by atomic mass is 79.9. The van der Waals surface area contributed by atoms with Gasteiger partial charge in [0.15, 0.2) is 0 Å². The van der Waals surface area contributed by atoms with Gasteiger partial charge in [0.2, 0.25) is 0 Å². The third-order valence-corrected chi connectivity index (χ3v) is 4.53. The smallest absolute Gasteiger partial charge is 0.0745 e. The van der Waals surface area contributed by atoms with Crippen molar-refractivity contribution in [2.24, 2.45) is 0 Å². The van der Waals surface area contributed by atoms with Gasteiger partial charge in [-0.25, -0.2) is 4.98 Å². The topological polar surface area (TPSA) is 53.0 Å². The zero-order valence-corrected chi connectivity index (χ0v) is 14.7. The van der Waals surface area contributed by atoms with E-state index in [-0.39, 0.29) is 5.56 Å². The number of carboxylic acids is 1. The SMILES string of the molecule is Cc1c(-c2ccc(Br)cc2)nc2ccc(Br)cc2c1C(=O)[O-]. The zero-order chi connectivity index (χ0) is 15.9. The van der Waals surface area contributed by atoms with Gasteiger partial charge in [0.05, 0.1) is 17.2 Å². The maximum atomic E-state index is 11.6. The number of carbonyl (C=O) groups is 1. The summed E-state index contributed by atoms with van der Waals surface area (Å²) in [7, 11) is 0. The van der Waals surface area contributed by atoms with Gasteiger partial charge in [0, 0.05) is 25.5 Å². The molecule has 0 unspecified atom stereocenters. The van der Waals surface area contributed by atoms with Crippen LogP contribution in [0.4, 0.5) is 0 Å². The largest absolute Gasteiger partial charge is 0.545 e. The summed E-state index contributed by atoms with van der Waals surface area (Å²) in [5, 5.41) is 12.2. The maximum absolute atomic E-state index is 11.6. The first kappa shape index (κ1) is 15.2. The Labute approximate surface area is 144 Å². The minimum Gasteiger partial charge on any atom is -0.545 e. The van der Waals surface area contributed by atoms with Crippen molar-refractivity contribution >= 4 is 48.7 Å². The van der Waals surface area contributed by atoms with Crippen molar-refractivity contribution in [1.29, 1.82) is 0 Å². The first-order valence-corrected chi connectivity index (χ1v) is 8.13. The Morgan fingerprint density at radius 3 is 2.32 bits per heavy atom. The third kappa shape index (κ3) is 2.66. The molecule has 0 atom stereocenters. The summed E-state index contributed by atoms with van der Waals surface area (Å²) in [4.78, 5) is 16.3. The molecule has 3 rings (SSSR count). The van der Waals surface area contributed by atoms with Crippen LogP contribution in [0.3, 0.4) is 0 Å². The summed E-state index contributed by atoms with van der Waals surface area (Å²) in [6, 6.07) is 13.0. The second-order valence-electron chi connectivity index (χ2n) is 4.92. The highest BCUT2D eigenvalue weighted by Gasteiger charge is 2.14. The summed E-state index contributed by atoms with van der Waals surface area (Å²) in [5.74, 6) is -1.19.